The number of rotatable bonds is 4. The van der Waals surface area contributed by atoms with Crippen LogP contribution in [0.2, 0.25) is 5.15 Å². The third-order valence-corrected chi connectivity index (χ3v) is 4.32. The molecule has 0 fully saturated rings. The first-order valence-corrected chi connectivity index (χ1v) is 7.88. The summed E-state index contributed by atoms with van der Waals surface area (Å²) >= 11 is 5.67. The predicted molar refractivity (Wildman–Crippen MR) is 79.2 cm³/mol. The quantitative estimate of drug-likeness (QED) is 0.724. The van der Waals surface area contributed by atoms with Crippen LogP contribution in [0.3, 0.4) is 0 Å². The van der Waals surface area contributed by atoms with E-state index >= 15 is 0 Å². The first kappa shape index (κ1) is 14.4. The zero-order chi connectivity index (χ0) is 15.6. The molecule has 3 rings (SSSR count). The molecule has 0 amide bonds. The molecular weight excluding hydrogens is 328 g/mol. The van der Waals surface area contributed by atoms with Crippen molar-refractivity contribution in [3.63, 3.8) is 0 Å². The van der Waals surface area contributed by atoms with E-state index in [1.807, 2.05) is 0 Å². The number of nitrogens with zero attached hydrogens (tertiary/aromatic N) is 5. The Balaban J connectivity index is 1.92. The average Bonchev–Trinajstić information content (AvgIpc) is 3.04. The minimum absolute atomic E-state index is 0.0791. The molecule has 0 atom stereocenters. The minimum Gasteiger partial charge on any atom is -0.278 e. The molecule has 0 aliphatic heterocycles. The monoisotopic (exact) mass is 336 g/mol. The molecule has 2 heterocycles. The summed E-state index contributed by atoms with van der Waals surface area (Å²) in [5.74, 6) is 0. The van der Waals surface area contributed by atoms with E-state index in [2.05, 4.69) is 25.2 Å². The van der Waals surface area contributed by atoms with Gasteiger partial charge in [0.05, 0.1) is 22.5 Å². The Morgan fingerprint density at radius 3 is 2.73 bits per heavy atom. The van der Waals surface area contributed by atoms with Gasteiger partial charge in [-0.3, -0.25) is 4.72 Å². The summed E-state index contributed by atoms with van der Waals surface area (Å²) in [4.78, 5) is 3.90. The third kappa shape index (κ3) is 3.05. The van der Waals surface area contributed by atoms with Crippen LogP contribution in [0, 0.1) is 0 Å². The molecule has 0 unspecified atom stereocenters. The Morgan fingerprint density at radius 2 is 2.05 bits per heavy atom. The summed E-state index contributed by atoms with van der Waals surface area (Å²) in [6, 6.07) is 9.25. The maximum absolute atomic E-state index is 12.4. The van der Waals surface area contributed by atoms with Gasteiger partial charge < -0.3 is 0 Å². The van der Waals surface area contributed by atoms with Crippen LogP contribution in [0.25, 0.3) is 5.69 Å². The van der Waals surface area contributed by atoms with Crippen LogP contribution in [-0.4, -0.2) is 33.6 Å². The van der Waals surface area contributed by atoms with Gasteiger partial charge in [0.15, 0.2) is 0 Å². The molecule has 0 aliphatic carbocycles. The number of nitrogens with one attached hydrogen (secondary N) is 1. The maximum atomic E-state index is 12.4. The number of hydrogen-bond acceptors (Lipinski definition) is 6. The van der Waals surface area contributed by atoms with Crippen LogP contribution in [-0.2, 0) is 10.0 Å². The largest absolute Gasteiger partial charge is 0.278 e. The Labute approximate surface area is 130 Å². The summed E-state index contributed by atoms with van der Waals surface area (Å²) < 4.78 is 28.5. The van der Waals surface area contributed by atoms with Crippen molar-refractivity contribution in [3.05, 3.63) is 54.1 Å². The second-order valence-electron chi connectivity index (χ2n) is 4.23. The minimum atomic E-state index is -3.75. The van der Waals surface area contributed by atoms with Gasteiger partial charge in [-0.1, -0.05) is 17.7 Å². The zero-order valence-electron chi connectivity index (χ0n) is 11.0. The van der Waals surface area contributed by atoms with Crippen molar-refractivity contribution < 1.29 is 8.42 Å². The second kappa shape index (κ2) is 5.70. The topological polar surface area (TPSA) is 103 Å². The molecular formula is C12H9ClN6O2S. The standard InChI is InChI=1S/C12H9ClN6O2S/c13-12-5-4-9(7-14-12)16-22(20,21)11-3-1-2-10(6-11)19-8-15-17-18-19/h1-8,16H. The van der Waals surface area contributed by atoms with E-state index in [0.717, 1.165) is 0 Å². The number of sulfonamides is 1. The highest BCUT2D eigenvalue weighted by atomic mass is 35.5. The molecule has 1 aromatic carbocycles. The molecule has 22 heavy (non-hydrogen) atoms. The summed E-state index contributed by atoms with van der Waals surface area (Å²) in [6.45, 7) is 0. The lowest BCUT2D eigenvalue weighted by atomic mass is 10.3. The van der Waals surface area contributed by atoms with Gasteiger partial charge in [-0.2, -0.15) is 0 Å². The number of hydrogen-bond donors (Lipinski definition) is 1. The molecule has 2 aromatic heterocycles. The van der Waals surface area contributed by atoms with Crippen molar-refractivity contribution in [1.29, 1.82) is 0 Å². The van der Waals surface area contributed by atoms with Crippen molar-refractivity contribution in [1.82, 2.24) is 25.2 Å². The van der Waals surface area contributed by atoms with Gasteiger partial charge in [-0.15, -0.1) is 5.10 Å². The van der Waals surface area contributed by atoms with E-state index in [9.17, 15) is 8.42 Å². The SMILES string of the molecule is O=S(=O)(Nc1ccc(Cl)nc1)c1cccc(-n2cnnn2)c1. The van der Waals surface area contributed by atoms with E-state index in [4.69, 9.17) is 11.6 Å². The summed E-state index contributed by atoms with van der Waals surface area (Å²) in [6.07, 6.45) is 2.72. The molecule has 1 N–H and O–H groups in total. The lowest BCUT2D eigenvalue weighted by Gasteiger charge is -2.09. The number of halogens is 1. The molecule has 0 aliphatic rings. The highest BCUT2D eigenvalue weighted by Gasteiger charge is 2.15. The van der Waals surface area contributed by atoms with Gasteiger partial charge in [-0.25, -0.2) is 18.1 Å². The highest BCUT2D eigenvalue weighted by molar-refractivity contribution is 7.92. The number of pyridine rings is 1. The van der Waals surface area contributed by atoms with Gasteiger partial charge in [0, 0.05) is 0 Å². The van der Waals surface area contributed by atoms with Crippen molar-refractivity contribution in [3.8, 4) is 5.69 Å². The molecule has 10 heteroatoms. The van der Waals surface area contributed by atoms with E-state index in [1.165, 1.54) is 41.5 Å². The summed E-state index contributed by atoms with van der Waals surface area (Å²) in [7, 11) is -3.75. The van der Waals surface area contributed by atoms with Crippen molar-refractivity contribution in [2.24, 2.45) is 0 Å². The number of benzene rings is 1. The molecule has 0 bridgehead atoms. The van der Waals surface area contributed by atoms with Gasteiger partial charge in [0.25, 0.3) is 10.0 Å². The fraction of sp³-hybridized carbons (Fsp3) is 0. The van der Waals surface area contributed by atoms with Crippen LogP contribution in [0.1, 0.15) is 0 Å². The third-order valence-electron chi connectivity index (χ3n) is 2.72. The first-order chi connectivity index (χ1) is 10.5. The smallest absolute Gasteiger partial charge is 0.262 e. The van der Waals surface area contributed by atoms with Gasteiger partial charge in [0.1, 0.15) is 11.5 Å². The van der Waals surface area contributed by atoms with E-state index in [1.54, 1.807) is 12.1 Å². The molecule has 3 aromatic rings. The molecule has 0 saturated carbocycles. The van der Waals surface area contributed by atoms with Crippen LogP contribution in [0.4, 0.5) is 5.69 Å². The van der Waals surface area contributed by atoms with Crippen molar-refractivity contribution >= 4 is 27.3 Å². The van der Waals surface area contributed by atoms with E-state index in [0.29, 0.717) is 11.4 Å². The average molecular weight is 337 g/mol. The van der Waals surface area contributed by atoms with Crippen molar-refractivity contribution in [2.75, 3.05) is 4.72 Å². The number of aromatic nitrogens is 5. The molecule has 112 valence electrons. The van der Waals surface area contributed by atoms with E-state index < -0.39 is 10.0 Å². The van der Waals surface area contributed by atoms with Crippen molar-refractivity contribution in [2.45, 2.75) is 4.90 Å². The van der Waals surface area contributed by atoms with E-state index in [-0.39, 0.29) is 10.0 Å². The molecule has 0 radical (unpaired) electrons. The Bertz CT molecular complexity index is 880. The van der Waals surface area contributed by atoms with Gasteiger partial charge in [0.2, 0.25) is 0 Å². The van der Waals surface area contributed by atoms with Crippen LogP contribution < -0.4 is 4.72 Å². The van der Waals surface area contributed by atoms with Gasteiger partial charge >= 0.3 is 0 Å². The summed E-state index contributed by atoms with van der Waals surface area (Å²) in [5, 5.41) is 11.0. The molecule has 0 saturated heterocycles. The fourth-order valence-corrected chi connectivity index (χ4v) is 2.92. The fourth-order valence-electron chi connectivity index (χ4n) is 1.72. The van der Waals surface area contributed by atoms with Crippen LogP contribution in [0.5, 0.6) is 0 Å². The lowest BCUT2D eigenvalue weighted by Crippen LogP contribution is -2.13. The predicted octanol–water partition coefficient (Wildman–Crippen LogP) is 1.51. The van der Waals surface area contributed by atoms with Gasteiger partial charge in [-0.05, 0) is 40.8 Å². The number of anilines is 1. The molecule has 0 spiro atoms. The molecule has 8 nitrogen and oxygen atoms in total. The summed E-state index contributed by atoms with van der Waals surface area (Å²) in [5.41, 5.74) is 0.847. The first-order valence-electron chi connectivity index (χ1n) is 6.02. The highest BCUT2D eigenvalue weighted by Crippen LogP contribution is 2.18. The maximum Gasteiger partial charge on any atom is 0.262 e. The normalized spacial score (nSPS) is 11.3. The van der Waals surface area contributed by atoms with Crippen LogP contribution >= 0.6 is 11.6 Å². The Kier molecular flexibility index (Phi) is 3.73. The number of tetrazole rings is 1. The second-order valence-corrected chi connectivity index (χ2v) is 6.30. The zero-order valence-corrected chi connectivity index (χ0v) is 12.5. The Hall–Kier alpha value is -2.52. The van der Waals surface area contributed by atoms with Crippen LogP contribution in [0.15, 0.2) is 53.8 Å². The Morgan fingerprint density at radius 1 is 1.18 bits per heavy atom. The lowest BCUT2D eigenvalue weighted by molar-refractivity contribution is 0.601.